The zero-order valence-electron chi connectivity index (χ0n) is 10.9. The first-order chi connectivity index (χ1) is 8.97. The van der Waals surface area contributed by atoms with Crippen LogP contribution in [-0.4, -0.2) is 39.3 Å². The highest BCUT2D eigenvalue weighted by Crippen LogP contribution is 2.30. The highest BCUT2D eigenvalue weighted by molar-refractivity contribution is 5.70. The first kappa shape index (κ1) is 13.7. The lowest BCUT2D eigenvalue weighted by molar-refractivity contribution is -0.143. The SMILES string of the molecule is CC(c1cc(O)cc(O)c1)N1CCC(C(=O)O)CC1. The van der Waals surface area contributed by atoms with Gasteiger partial charge in [0.2, 0.25) is 0 Å². The molecule has 1 unspecified atom stereocenters. The summed E-state index contributed by atoms with van der Waals surface area (Å²) < 4.78 is 0. The molecule has 0 saturated carbocycles. The monoisotopic (exact) mass is 265 g/mol. The van der Waals surface area contributed by atoms with Crippen molar-refractivity contribution < 1.29 is 20.1 Å². The number of benzene rings is 1. The van der Waals surface area contributed by atoms with Gasteiger partial charge >= 0.3 is 5.97 Å². The molecule has 1 aliphatic rings. The summed E-state index contributed by atoms with van der Waals surface area (Å²) >= 11 is 0. The van der Waals surface area contributed by atoms with Gasteiger partial charge in [0.25, 0.3) is 0 Å². The van der Waals surface area contributed by atoms with Crippen molar-refractivity contribution in [1.29, 1.82) is 0 Å². The fourth-order valence-electron chi connectivity index (χ4n) is 2.60. The summed E-state index contributed by atoms with van der Waals surface area (Å²) in [6, 6.07) is 4.61. The number of carbonyl (C=O) groups is 1. The molecule has 1 aliphatic heterocycles. The molecule has 1 atom stereocenters. The topological polar surface area (TPSA) is 81.0 Å². The van der Waals surface area contributed by atoms with Gasteiger partial charge < -0.3 is 15.3 Å². The molecule has 5 heteroatoms. The number of nitrogens with zero attached hydrogens (tertiary/aromatic N) is 1. The summed E-state index contributed by atoms with van der Waals surface area (Å²) in [5, 5.41) is 28.0. The van der Waals surface area contributed by atoms with Gasteiger partial charge in [0.05, 0.1) is 5.92 Å². The second-order valence-electron chi connectivity index (χ2n) is 5.11. The lowest BCUT2D eigenvalue weighted by Gasteiger charge is -2.35. The molecule has 1 heterocycles. The van der Waals surface area contributed by atoms with Crippen LogP contribution in [0.15, 0.2) is 18.2 Å². The summed E-state index contributed by atoms with van der Waals surface area (Å²) in [5.41, 5.74) is 0.839. The smallest absolute Gasteiger partial charge is 0.306 e. The maximum Gasteiger partial charge on any atom is 0.306 e. The third-order valence-electron chi connectivity index (χ3n) is 3.83. The summed E-state index contributed by atoms with van der Waals surface area (Å²) in [6.07, 6.45) is 1.29. The van der Waals surface area contributed by atoms with Crippen molar-refractivity contribution in [2.75, 3.05) is 13.1 Å². The van der Waals surface area contributed by atoms with E-state index in [-0.39, 0.29) is 23.5 Å². The molecular weight excluding hydrogens is 246 g/mol. The molecule has 2 rings (SSSR count). The number of piperidine rings is 1. The number of carboxylic acids is 1. The van der Waals surface area contributed by atoms with Crippen LogP contribution >= 0.6 is 0 Å². The van der Waals surface area contributed by atoms with Gasteiger partial charge in [-0.3, -0.25) is 9.69 Å². The summed E-state index contributed by atoms with van der Waals surface area (Å²) in [7, 11) is 0. The summed E-state index contributed by atoms with van der Waals surface area (Å²) in [6.45, 7) is 3.43. The maximum absolute atomic E-state index is 10.9. The number of aliphatic carboxylic acids is 1. The Bertz CT molecular complexity index is 446. The van der Waals surface area contributed by atoms with Gasteiger partial charge in [-0.15, -0.1) is 0 Å². The number of likely N-dealkylation sites (tertiary alicyclic amines) is 1. The predicted octanol–water partition coefficient (Wildman–Crippen LogP) is 1.96. The average molecular weight is 265 g/mol. The van der Waals surface area contributed by atoms with Crippen molar-refractivity contribution in [3.05, 3.63) is 23.8 Å². The Morgan fingerprint density at radius 3 is 2.21 bits per heavy atom. The standard InChI is InChI=1S/C14H19NO4/c1-9(11-6-12(16)8-13(17)7-11)15-4-2-10(3-5-15)14(18)19/h6-10,16-17H,2-5H2,1H3,(H,18,19). The minimum atomic E-state index is -0.720. The van der Waals surface area contributed by atoms with E-state index in [4.69, 9.17) is 5.11 Å². The van der Waals surface area contributed by atoms with Crippen LogP contribution in [0.4, 0.5) is 0 Å². The molecule has 0 aliphatic carbocycles. The molecule has 0 aromatic heterocycles. The Labute approximate surface area is 112 Å². The van der Waals surface area contributed by atoms with Gasteiger partial charge in [0.1, 0.15) is 11.5 Å². The maximum atomic E-state index is 10.9. The van der Waals surface area contributed by atoms with E-state index in [1.165, 1.54) is 6.07 Å². The van der Waals surface area contributed by atoms with Crippen LogP contribution in [0.5, 0.6) is 11.5 Å². The summed E-state index contributed by atoms with van der Waals surface area (Å²) in [5.74, 6) is -0.882. The average Bonchev–Trinajstić information content (AvgIpc) is 2.37. The Hall–Kier alpha value is -1.75. The van der Waals surface area contributed by atoms with Crippen LogP contribution < -0.4 is 0 Å². The Morgan fingerprint density at radius 2 is 1.74 bits per heavy atom. The van der Waals surface area contributed by atoms with E-state index < -0.39 is 5.97 Å². The van der Waals surface area contributed by atoms with Crippen LogP contribution in [0, 0.1) is 5.92 Å². The highest BCUT2D eigenvalue weighted by atomic mass is 16.4. The molecule has 1 aromatic rings. The first-order valence-electron chi connectivity index (χ1n) is 6.47. The van der Waals surface area contributed by atoms with Gasteiger partial charge in [0, 0.05) is 12.1 Å². The minimum absolute atomic E-state index is 0.0438. The molecule has 1 fully saturated rings. The van der Waals surface area contributed by atoms with Crippen molar-refractivity contribution in [2.24, 2.45) is 5.92 Å². The number of aromatic hydroxyl groups is 2. The Kier molecular flexibility index (Phi) is 3.95. The van der Waals surface area contributed by atoms with Gasteiger partial charge in [-0.05, 0) is 50.6 Å². The number of hydrogen-bond donors (Lipinski definition) is 3. The van der Waals surface area contributed by atoms with Crippen LogP contribution in [0.1, 0.15) is 31.4 Å². The van der Waals surface area contributed by atoms with E-state index in [9.17, 15) is 15.0 Å². The third kappa shape index (κ3) is 3.17. The van der Waals surface area contributed by atoms with E-state index in [0.29, 0.717) is 25.9 Å². The number of rotatable bonds is 3. The fraction of sp³-hybridized carbons (Fsp3) is 0.500. The quantitative estimate of drug-likeness (QED) is 0.778. The van der Waals surface area contributed by atoms with Gasteiger partial charge in [-0.25, -0.2) is 0 Å². The van der Waals surface area contributed by atoms with Crippen molar-refractivity contribution in [2.45, 2.75) is 25.8 Å². The molecule has 1 saturated heterocycles. The molecule has 0 amide bonds. The van der Waals surface area contributed by atoms with E-state index in [2.05, 4.69) is 4.90 Å². The molecule has 19 heavy (non-hydrogen) atoms. The third-order valence-corrected chi connectivity index (χ3v) is 3.83. The van der Waals surface area contributed by atoms with Crippen LogP contribution in [0.2, 0.25) is 0 Å². The van der Waals surface area contributed by atoms with Gasteiger partial charge in [-0.2, -0.15) is 0 Å². The first-order valence-corrected chi connectivity index (χ1v) is 6.47. The van der Waals surface area contributed by atoms with Gasteiger partial charge in [0.15, 0.2) is 0 Å². The molecule has 1 aromatic carbocycles. The Balaban J connectivity index is 2.04. The second-order valence-corrected chi connectivity index (χ2v) is 5.11. The van der Waals surface area contributed by atoms with Crippen LogP contribution in [0.25, 0.3) is 0 Å². The van der Waals surface area contributed by atoms with Crippen molar-refractivity contribution in [3.63, 3.8) is 0 Å². The largest absolute Gasteiger partial charge is 0.508 e. The molecule has 0 spiro atoms. The lowest BCUT2D eigenvalue weighted by Crippen LogP contribution is -2.37. The number of phenols is 2. The Morgan fingerprint density at radius 1 is 1.21 bits per heavy atom. The molecule has 0 radical (unpaired) electrons. The van der Waals surface area contributed by atoms with E-state index in [0.717, 1.165) is 5.56 Å². The fourth-order valence-corrected chi connectivity index (χ4v) is 2.60. The summed E-state index contributed by atoms with van der Waals surface area (Å²) in [4.78, 5) is 13.1. The molecule has 3 N–H and O–H groups in total. The van der Waals surface area contributed by atoms with Crippen molar-refractivity contribution in [1.82, 2.24) is 4.90 Å². The number of carboxylic acid groups (broad SMARTS) is 1. The highest BCUT2D eigenvalue weighted by Gasteiger charge is 2.27. The second kappa shape index (κ2) is 5.48. The zero-order chi connectivity index (χ0) is 14.0. The predicted molar refractivity (Wildman–Crippen MR) is 70.1 cm³/mol. The van der Waals surface area contributed by atoms with E-state index in [1.807, 2.05) is 6.92 Å². The lowest BCUT2D eigenvalue weighted by atomic mass is 9.94. The normalized spacial score (nSPS) is 19.2. The minimum Gasteiger partial charge on any atom is -0.508 e. The number of hydrogen-bond acceptors (Lipinski definition) is 4. The van der Waals surface area contributed by atoms with E-state index in [1.54, 1.807) is 12.1 Å². The van der Waals surface area contributed by atoms with Crippen LogP contribution in [-0.2, 0) is 4.79 Å². The van der Waals surface area contributed by atoms with E-state index >= 15 is 0 Å². The van der Waals surface area contributed by atoms with Crippen LogP contribution in [0.3, 0.4) is 0 Å². The molecule has 5 nitrogen and oxygen atoms in total. The van der Waals surface area contributed by atoms with Crippen molar-refractivity contribution >= 4 is 5.97 Å². The molecule has 0 bridgehead atoms. The number of phenolic OH excluding ortho intramolecular Hbond substituents is 2. The van der Waals surface area contributed by atoms with Crippen molar-refractivity contribution in [3.8, 4) is 11.5 Å². The molecular formula is C14H19NO4. The van der Waals surface area contributed by atoms with Gasteiger partial charge in [-0.1, -0.05) is 0 Å². The zero-order valence-corrected chi connectivity index (χ0v) is 10.9. The molecule has 104 valence electrons.